The third kappa shape index (κ3) is 9.41. The maximum Gasteiger partial charge on any atom is 0.408 e. The van der Waals surface area contributed by atoms with Crippen LogP contribution in [-0.2, 0) is 29.1 Å². The minimum atomic E-state index is -4.03. The molecule has 16 nitrogen and oxygen atoms in total. The quantitative estimate of drug-likeness (QED) is 0.184. The van der Waals surface area contributed by atoms with E-state index in [2.05, 4.69) is 27.3 Å². The second-order valence-electron chi connectivity index (χ2n) is 20.3. The molecule has 0 spiro atoms. The third-order valence-corrected chi connectivity index (χ3v) is 16.8. The average molecular weight is 927 g/mol. The first-order valence-corrected chi connectivity index (χ1v) is 25.0. The molecule has 9 unspecified atom stereocenters. The molecule has 2 aromatic heterocycles. The van der Waals surface area contributed by atoms with Crippen LogP contribution in [0.5, 0.6) is 17.5 Å². The largest absolute Gasteiger partial charge is 0.497 e. The first kappa shape index (κ1) is 45.7. The summed E-state index contributed by atoms with van der Waals surface area (Å²) in [5, 5.41) is 7.31. The Bertz CT molecular complexity index is 2520. The Morgan fingerprint density at radius 1 is 0.985 bits per heavy atom. The van der Waals surface area contributed by atoms with Crippen molar-refractivity contribution in [1.82, 2.24) is 30.2 Å². The molecule has 4 amide bonds. The van der Waals surface area contributed by atoms with E-state index in [9.17, 15) is 22.8 Å². The van der Waals surface area contributed by atoms with E-state index in [1.54, 1.807) is 32.4 Å². The number of ether oxygens (including phenoxy) is 4. The van der Waals surface area contributed by atoms with E-state index in [1.165, 1.54) is 4.90 Å². The highest BCUT2D eigenvalue weighted by atomic mass is 32.2. The molecule has 6 aliphatic rings. The third-order valence-electron chi connectivity index (χ3n) is 14.7. The van der Waals surface area contributed by atoms with Crippen LogP contribution in [0.1, 0.15) is 98.8 Å². The average Bonchev–Trinajstić information content (AvgIpc) is 4.23. The lowest BCUT2D eigenvalue weighted by Gasteiger charge is -2.33. The number of rotatable bonds is 11. The van der Waals surface area contributed by atoms with Gasteiger partial charge in [-0.15, -0.1) is 0 Å². The Hall–Kier alpha value is -5.45. The summed E-state index contributed by atoms with van der Waals surface area (Å²) in [5.41, 5.74) is -0.309. The number of hydrogen-bond acceptors (Lipinski definition) is 12. The second-order valence-corrected chi connectivity index (χ2v) is 22.5. The van der Waals surface area contributed by atoms with Crippen LogP contribution in [0.2, 0.25) is 0 Å². The smallest absolute Gasteiger partial charge is 0.408 e. The van der Waals surface area contributed by atoms with Crippen LogP contribution < -0.4 is 29.6 Å². The van der Waals surface area contributed by atoms with Crippen LogP contribution in [0.25, 0.3) is 22.0 Å². The monoisotopic (exact) mass is 926 g/mol. The summed E-state index contributed by atoms with van der Waals surface area (Å²) in [6, 6.07) is 8.82. The molecule has 0 radical (unpaired) electrons. The number of allylic oxidation sites excluding steroid dienone is 1. The van der Waals surface area contributed by atoms with Gasteiger partial charge in [-0.2, -0.15) is 0 Å². The van der Waals surface area contributed by atoms with E-state index in [0.29, 0.717) is 65.8 Å². The lowest BCUT2D eigenvalue weighted by Crippen LogP contribution is -2.59. The highest BCUT2D eigenvalue weighted by Crippen LogP contribution is 2.53. The van der Waals surface area contributed by atoms with Crippen LogP contribution >= 0.6 is 0 Å². The van der Waals surface area contributed by atoms with Gasteiger partial charge in [0.25, 0.3) is 5.91 Å². The summed E-state index contributed by atoms with van der Waals surface area (Å²) in [4.78, 5) is 68.7. The first-order valence-electron chi connectivity index (χ1n) is 23.6. The summed E-state index contributed by atoms with van der Waals surface area (Å²) in [5.74, 6) is -0.0862. The fraction of sp³-hybridized carbons (Fsp3) is 0.592. The number of nitrogens with one attached hydrogen (secondary N) is 3. The SMILES string of the molecule is COc1ccc2c(OC3CC4C(=O)NC5(C(=O)NS(=O)(=O)C6(C)CC6)CC5C=CCCC(C)CC(C)C(NC(=O)OC5CC6CC6C5)C(=O)N4C3)nc(-c3ccc(OC(C)C)nc3)cc2c1. The van der Waals surface area contributed by atoms with Gasteiger partial charge in [0.05, 0.1) is 30.2 Å². The van der Waals surface area contributed by atoms with Gasteiger partial charge in [0, 0.05) is 35.6 Å². The molecule has 354 valence electrons. The lowest BCUT2D eigenvalue weighted by molar-refractivity contribution is -0.142. The van der Waals surface area contributed by atoms with Crippen LogP contribution in [0.15, 0.2) is 54.7 Å². The van der Waals surface area contributed by atoms with Gasteiger partial charge in [-0.1, -0.05) is 26.0 Å². The molecule has 4 saturated carbocycles. The number of benzene rings is 1. The van der Waals surface area contributed by atoms with Crippen molar-refractivity contribution in [3.8, 4) is 28.8 Å². The Morgan fingerprint density at radius 2 is 1.76 bits per heavy atom. The van der Waals surface area contributed by atoms with Crippen molar-refractivity contribution < 1.29 is 46.5 Å². The first-order chi connectivity index (χ1) is 31.4. The molecular weight excluding hydrogens is 865 g/mol. The van der Waals surface area contributed by atoms with Gasteiger partial charge in [-0.3, -0.25) is 19.1 Å². The van der Waals surface area contributed by atoms with E-state index in [4.69, 9.17) is 23.9 Å². The molecule has 66 heavy (non-hydrogen) atoms. The number of nitrogens with zero attached hydrogens (tertiary/aromatic N) is 3. The van der Waals surface area contributed by atoms with Gasteiger partial charge in [-0.25, -0.2) is 23.2 Å². The molecule has 1 saturated heterocycles. The molecule has 4 heterocycles. The number of carbonyl (C=O) groups excluding carboxylic acids is 4. The maximum absolute atomic E-state index is 15.2. The number of alkyl carbamates (subject to hydrolysis) is 1. The van der Waals surface area contributed by atoms with Gasteiger partial charge in [-0.05, 0) is 138 Å². The van der Waals surface area contributed by atoms with E-state index < -0.39 is 68.2 Å². The highest BCUT2D eigenvalue weighted by Gasteiger charge is 2.63. The van der Waals surface area contributed by atoms with Crippen LogP contribution in [0.3, 0.4) is 0 Å². The highest BCUT2D eigenvalue weighted by molar-refractivity contribution is 7.91. The van der Waals surface area contributed by atoms with Gasteiger partial charge in [0.1, 0.15) is 35.6 Å². The van der Waals surface area contributed by atoms with Gasteiger partial charge in [0.15, 0.2) is 0 Å². The van der Waals surface area contributed by atoms with E-state index in [1.807, 2.05) is 57.2 Å². The number of carbonyl (C=O) groups is 4. The zero-order valence-corrected chi connectivity index (χ0v) is 39.4. The summed E-state index contributed by atoms with van der Waals surface area (Å²) in [7, 11) is -2.45. The molecule has 9 atom stereocenters. The van der Waals surface area contributed by atoms with Crippen molar-refractivity contribution in [2.75, 3.05) is 13.7 Å². The molecule has 5 fully saturated rings. The summed E-state index contributed by atoms with van der Waals surface area (Å²) in [6.07, 6.45) is 9.68. The van der Waals surface area contributed by atoms with Crippen molar-refractivity contribution >= 4 is 44.6 Å². The topological polar surface area (TPSA) is 204 Å². The minimum Gasteiger partial charge on any atom is -0.497 e. The zero-order chi connectivity index (χ0) is 46.7. The van der Waals surface area contributed by atoms with Gasteiger partial charge < -0.3 is 34.5 Å². The molecule has 4 aliphatic carbocycles. The number of amides is 4. The maximum atomic E-state index is 15.2. The summed E-state index contributed by atoms with van der Waals surface area (Å²) in [6.45, 7) is 9.42. The number of pyridine rings is 2. The van der Waals surface area contributed by atoms with Crippen LogP contribution in [-0.4, -0.2) is 101 Å². The number of aromatic nitrogens is 2. The summed E-state index contributed by atoms with van der Waals surface area (Å²) < 4.78 is 52.0. The fourth-order valence-corrected chi connectivity index (χ4v) is 11.5. The predicted molar refractivity (Wildman–Crippen MR) is 245 cm³/mol. The Kier molecular flexibility index (Phi) is 12.2. The Morgan fingerprint density at radius 3 is 2.45 bits per heavy atom. The number of hydrogen-bond donors (Lipinski definition) is 3. The summed E-state index contributed by atoms with van der Waals surface area (Å²) >= 11 is 0. The number of methoxy groups -OCH3 is 1. The van der Waals surface area contributed by atoms with E-state index >= 15 is 4.79 Å². The lowest BCUT2D eigenvalue weighted by atomic mass is 9.88. The van der Waals surface area contributed by atoms with Gasteiger partial charge >= 0.3 is 6.09 Å². The van der Waals surface area contributed by atoms with Crippen molar-refractivity contribution in [2.45, 2.75) is 140 Å². The van der Waals surface area contributed by atoms with Crippen molar-refractivity contribution in [2.24, 2.45) is 29.6 Å². The molecule has 3 N–H and O–H groups in total. The van der Waals surface area contributed by atoms with Crippen LogP contribution in [0.4, 0.5) is 4.79 Å². The zero-order valence-electron chi connectivity index (χ0n) is 38.6. The van der Waals surface area contributed by atoms with Gasteiger partial charge in [0.2, 0.25) is 33.6 Å². The number of sulfonamides is 1. The predicted octanol–water partition coefficient (Wildman–Crippen LogP) is 6.22. The molecule has 9 rings (SSSR count). The fourth-order valence-electron chi connectivity index (χ4n) is 10.2. The molecule has 1 aromatic carbocycles. The molecule has 3 aromatic rings. The standard InChI is InChI=1S/C49H62N6O10S/c1-27(2)63-41-14-11-30(25-50-41)39-22-33-21-35(62-6)12-13-38(33)44(51-39)64-37-23-40-43(56)53-49(46(58)54-66(60,61)48(5)15-16-48)24-34(49)10-8-7-9-28(3)17-29(4)42(45(57)55(40)26-37)52-47(59)65-36-19-31-18-32(31)20-36/h8,10-14,21-22,25,27-29,31-32,34,36-37,40,42H,7,9,15-20,23-24,26H2,1-6H3,(H,52,59)(H,53,56)(H,54,58). The minimum absolute atomic E-state index is 0.00526. The molecule has 0 bridgehead atoms. The number of fused-ring (bicyclic) bond motifs is 4. The van der Waals surface area contributed by atoms with E-state index in [-0.39, 0.29) is 49.3 Å². The molecule has 17 heteroatoms. The Balaban J connectivity index is 1.05. The van der Waals surface area contributed by atoms with Crippen molar-refractivity contribution in [3.63, 3.8) is 0 Å². The van der Waals surface area contributed by atoms with E-state index in [0.717, 1.165) is 31.1 Å². The normalized spacial score (nSPS) is 31.3. The van der Waals surface area contributed by atoms with Crippen molar-refractivity contribution in [3.05, 3.63) is 54.7 Å². The Labute approximate surface area is 386 Å². The second kappa shape index (κ2) is 17.6. The van der Waals surface area contributed by atoms with Crippen LogP contribution in [0, 0.1) is 29.6 Å². The molecule has 2 aliphatic heterocycles. The van der Waals surface area contributed by atoms with Crippen molar-refractivity contribution in [1.29, 1.82) is 0 Å². The molecular formula is C49H62N6O10S.